The molecule has 1 N–H and O–H groups in total. The van der Waals surface area contributed by atoms with Crippen LogP contribution < -0.4 is 10.2 Å². The molecule has 0 unspecified atom stereocenters. The molecule has 2 heterocycles. The lowest BCUT2D eigenvalue weighted by Crippen LogP contribution is -2.54. The van der Waals surface area contributed by atoms with Crippen molar-refractivity contribution in [3.63, 3.8) is 0 Å². The van der Waals surface area contributed by atoms with Gasteiger partial charge in [-0.25, -0.2) is 0 Å². The lowest BCUT2D eigenvalue weighted by molar-refractivity contribution is -0.122. The molecular weight excluding hydrogens is 455 g/mol. The molecule has 156 valence electrons. The molecule has 1 fully saturated rings. The van der Waals surface area contributed by atoms with Crippen LogP contribution in [0.15, 0.2) is 58.5 Å². The number of thiocarbonyl (C=S) groups is 1. The Hall–Kier alpha value is -2.93. The van der Waals surface area contributed by atoms with E-state index in [4.69, 9.17) is 39.8 Å². The van der Waals surface area contributed by atoms with E-state index in [0.29, 0.717) is 32.8 Å². The zero-order valence-electron chi connectivity index (χ0n) is 16.5. The van der Waals surface area contributed by atoms with Crippen LogP contribution in [0.5, 0.6) is 0 Å². The molecule has 0 saturated carbocycles. The second-order valence-corrected chi connectivity index (χ2v) is 8.30. The van der Waals surface area contributed by atoms with Crippen molar-refractivity contribution in [2.24, 2.45) is 0 Å². The van der Waals surface area contributed by atoms with Crippen molar-refractivity contribution in [1.29, 1.82) is 0 Å². The van der Waals surface area contributed by atoms with Crippen molar-refractivity contribution >= 4 is 64.1 Å². The van der Waals surface area contributed by atoms with E-state index >= 15 is 0 Å². The van der Waals surface area contributed by atoms with Gasteiger partial charge in [-0.1, -0.05) is 35.3 Å². The van der Waals surface area contributed by atoms with Crippen molar-refractivity contribution in [3.8, 4) is 11.3 Å². The van der Waals surface area contributed by atoms with Gasteiger partial charge in [0.2, 0.25) is 0 Å². The molecule has 0 bridgehead atoms. The van der Waals surface area contributed by atoms with Crippen molar-refractivity contribution in [2.45, 2.75) is 13.8 Å². The molecule has 0 aliphatic carbocycles. The number of carbonyl (C=O) groups is 2. The first kappa shape index (κ1) is 21.3. The van der Waals surface area contributed by atoms with E-state index in [-0.39, 0.29) is 10.7 Å². The zero-order chi connectivity index (χ0) is 22.3. The van der Waals surface area contributed by atoms with Crippen LogP contribution in [0, 0.1) is 13.8 Å². The summed E-state index contributed by atoms with van der Waals surface area (Å²) in [6.45, 7) is 3.79. The lowest BCUT2D eigenvalue weighted by atomic mass is 10.1. The van der Waals surface area contributed by atoms with E-state index in [2.05, 4.69) is 5.32 Å². The second-order valence-electron chi connectivity index (χ2n) is 7.07. The van der Waals surface area contributed by atoms with Gasteiger partial charge in [0, 0.05) is 10.6 Å². The fraction of sp³-hybridized carbons (Fsp3) is 0.0870. The highest BCUT2D eigenvalue weighted by Crippen LogP contribution is 2.33. The molecule has 3 aromatic rings. The number of benzene rings is 2. The number of rotatable bonds is 3. The highest BCUT2D eigenvalue weighted by Gasteiger charge is 2.35. The van der Waals surface area contributed by atoms with Gasteiger partial charge in [-0.3, -0.25) is 19.8 Å². The fourth-order valence-electron chi connectivity index (χ4n) is 3.24. The average Bonchev–Trinajstić information content (AvgIpc) is 3.18. The second kappa shape index (κ2) is 8.30. The van der Waals surface area contributed by atoms with Gasteiger partial charge in [-0.2, -0.15) is 0 Å². The first-order chi connectivity index (χ1) is 14.7. The summed E-state index contributed by atoms with van der Waals surface area (Å²) in [5.41, 5.74) is 2.95. The number of nitrogens with zero attached hydrogens (tertiary/aromatic N) is 1. The molecule has 1 aromatic heterocycles. The van der Waals surface area contributed by atoms with Gasteiger partial charge in [-0.05, 0) is 79.7 Å². The van der Waals surface area contributed by atoms with Crippen molar-refractivity contribution in [1.82, 2.24) is 5.32 Å². The summed E-state index contributed by atoms with van der Waals surface area (Å²) in [5.74, 6) is -0.334. The first-order valence-corrected chi connectivity index (χ1v) is 10.4. The van der Waals surface area contributed by atoms with Crippen LogP contribution in [0.1, 0.15) is 16.9 Å². The Kier molecular flexibility index (Phi) is 5.71. The van der Waals surface area contributed by atoms with E-state index < -0.39 is 11.8 Å². The van der Waals surface area contributed by atoms with Crippen LogP contribution in [0.2, 0.25) is 10.0 Å². The molecule has 0 atom stereocenters. The number of carbonyl (C=O) groups excluding carboxylic acids is 2. The van der Waals surface area contributed by atoms with Crippen LogP contribution in [-0.2, 0) is 9.59 Å². The molecule has 1 aliphatic rings. The van der Waals surface area contributed by atoms with Crippen molar-refractivity contribution < 1.29 is 14.0 Å². The van der Waals surface area contributed by atoms with Crippen LogP contribution in [0.3, 0.4) is 0 Å². The van der Waals surface area contributed by atoms with Gasteiger partial charge < -0.3 is 4.42 Å². The van der Waals surface area contributed by atoms with E-state index in [1.165, 1.54) is 11.0 Å². The summed E-state index contributed by atoms with van der Waals surface area (Å²) >= 11 is 17.6. The molecule has 2 amide bonds. The first-order valence-electron chi connectivity index (χ1n) is 9.28. The quantitative estimate of drug-likeness (QED) is 0.302. The smallest absolute Gasteiger partial charge is 0.270 e. The molecule has 2 aromatic carbocycles. The molecule has 1 saturated heterocycles. The SMILES string of the molecule is Cc1ccc(C)c(N2C(=O)/C(=C/c3ccc(-c4cc(Cl)ccc4Cl)o3)C(=O)NC2=S)c1. The topological polar surface area (TPSA) is 62.6 Å². The molecule has 1 aliphatic heterocycles. The average molecular weight is 471 g/mol. The van der Waals surface area contributed by atoms with E-state index in [1.807, 2.05) is 32.0 Å². The third-order valence-electron chi connectivity index (χ3n) is 4.81. The lowest BCUT2D eigenvalue weighted by Gasteiger charge is -2.30. The number of anilines is 1. The summed E-state index contributed by atoms with van der Waals surface area (Å²) in [6.07, 6.45) is 1.39. The summed E-state index contributed by atoms with van der Waals surface area (Å²) < 4.78 is 5.81. The molecule has 0 spiro atoms. The number of halogens is 2. The van der Waals surface area contributed by atoms with Gasteiger partial charge in [0.1, 0.15) is 17.1 Å². The Balaban J connectivity index is 1.72. The normalized spacial score (nSPS) is 15.5. The van der Waals surface area contributed by atoms with Crippen LogP contribution in [0.25, 0.3) is 17.4 Å². The van der Waals surface area contributed by atoms with Gasteiger partial charge in [0.15, 0.2) is 5.11 Å². The molecule has 0 radical (unpaired) electrons. The van der Waals surface area contributed by atoms with Crippen molar-refractivity contribution in [2.75, 3.05) is 4.90 Å². The maximum atomic E-state index is 13.2. The number of nitrogens with one attached hydrogen (secondary N) is 1. The minimum absolute atomic E-state index is 0.0340. The monoisotopic (exact) mass is 470 g/mol. The van der Waals surface area contributed by atoms with Gasteiger partial charge in [0.25, 0.3) is 11.8 Å². The van der Waals surface area contributed by atoms with Gasteiger partial charge in [0.05, 0.1) is 10.7 Å². The predicted octanol–water partition coefficient (Wildman–Crippen LogP) is 5.70. The van der Waals surface area contributed by atoms with Gasteiger partial charge in [-0.15, -0.1) is 0 Å². The molecular formula is C23H16Cl2N2O3S. The van der Waals surface area contributed by atoms with Crippen molar-refractivity contribution in [3.05, 3.63) is 81.0 Å². The number of hydrogen-bond acceptors (Lipinski definition) is 4. The highest BCUT2D eigenvalue weighted by molar-refractivity contribution is 7.80. The largest absolute Gasteiger partial charge is 0.457 e. The summed E-state index contributed by atoms with van der Waals surface area (Å²) in [5, 5.41) is 3.59. The standard InChI is InChI=1S/C23H16Cl2N2O3S/c1-12-3-4-13(2)19(9-12)27-22(29)17(21(28)26-23(27)31)11-15-6-8-20(30-15)16-10-14(24)5-7-18(16)25/h3-11H,1-2H3,(H,26,28,31)/b17-11+. The number of aryl methyl sites for hydroxylation is 2. The van der Waals surface area contributed by atoms with Crippen LogP contribution in [-0.4, -0.2) is 16.9 Å². The third-order valence-corrected chi connectivity index (χ3v) is 5.66. The van der Waals surface area contributed by atoms with E-state index in [0.717, 1.165) is 11.1 Å². The van der Waals surface area contributed by atoms with Gasteiger partial charge >= 0.3 is 0 Å². The Labute approximate surface area is 194 Å². The van der Waals surface area contributed by atoms with E-state index in [9.17, 15) is 9.59 Å². The Morgan fingerprint density at radius 3 is 2.58 bits per heavy atom. The summed E-state index contributed by atoms with van der Waals surface area (Å²) in [6, 6.07) is 14.1. The minimum atomic E-state index is -0.588. The predicted molar refractivity (Wildman–Crippen MR) is 126 cm³/mol. The maximum absolute atomic E-state index is 13.2. The summed E-state index contributed by atoms with van der Waals surface area (Å²) in [7, 11) is 0. The highest BCUT2D eigenvalue weighted by atomic mass is 35.5. The van der Waals surface area contributed by atoms with Crippen LogP contribution >= 0.6 is 35.4 Å². The Morgan fingerprint density at radius 1 is 1.03 bits per heavy atom. The number of hydrogen-bond donors (Lipinski definition) is 1. The summed E-state index contributed by atoms with van der Waals surface area (Å²) in [4.78, 5) is 27.1. The molecule has 8 heteroatoms. The maximum Gasteiger partial charge on any atom is 0.270 e. The third kappa shape index (κ3) is 4.14. The molecule has 4 rings (SSSR count). The Morgan fingerprint density at radius 2 is 1.81 bits per heavy atom. The zero-order valence-corrected chi connectivity index (χ0v) is 18.9. The fourth-order valence-corrected chi connectivity index (χ4v) is 3.90. The molecule has 31 heavy (non-hydrogen) atoms. The number of furan rings is 1. The molecule has 5 nitrogen and oxygen atoms in total. The Bertz CT molecular complexity index is 1280. The van der Waals surface area contributed by atoms with E-state index in [1.54, 1.807) is 30.3 Å². The minimum Gasteiger partial charge on any atom is -0.457 e. The number of amides is 2. The van der Waals surface area contributed by atoms with Crippen LogP contribution in [0.4, 0.5) is 5.69 Å².